The molecule has 3 fully saturated rings. The molecule has 0 spiro atoms. The van der Waals surface area contributed by atoms with Gasteiger partial charge in [-0.15, -0.1) is 0 Å². The molecule has 0 aromatic carbocycles. The molecule has 3 aliphatic rings. The first kappa shape index (κ1) is 13.6. The van der Waals surface area contributed by atoms with Gasteiger partial charge in [0.2, 0.25) is 0 Å². The first-order valence-corrected chi connectivity index (χ1v) is 9.81. The highest BCUT2D eigenvalue weighted by Gasteiger charge is 2.38. The molecule has 104 valence electrons. The van der Waals surface area contributed by atoms with E-state index in [9.17, 15) is 0 Å². The average molecular weight is 287 g/mol. The van der Waals surface area contributed by atoms with Gasteiger partial charge in [0, 0.05) is 54.2 Å². The summed E-state index contributed by atoms with van der Waals surface area (Å²) in [5.74, 6) is 5.47. The molecule has 3 rings (SSSR count). The smallest absolute Gasteiger partial charge is 0.0353 e. The molecule has 0 amide bonds. The third kappa shape index (κ3) is 3.02. The number of thioether (sulfide) groups is 2. The van der Waals surface area contributed by atoms with E-state index in [1.807, 2.05) is 0 Å². The van der Waals surface area contributed by atoms with E-state index in [4.69, 9.17) is 0 Å². The Morgan fingerprint density at radius 3 is 2.33 bits per heavy atom. The van der Waals surface area contributed by atoms with Gasteiger partial charge in [-0.2, -0.15) is 23.5 Å². The van der Waals surface area contributed by atoms with Crippen LogP contribution in [0.4, 0.5) is 0 Å². The highest BCUT2D eigenvalue weighted by molar-refractivity contribution is 8.03. The van der Waals surface area contributed by atoms with E-state index >= 15 is 0 Å². The Balaban J connectivity index is 1.47. The molecule has 0 N–H and O–H groups in total. The van der Waals surface area contributed by atoms with Gasteiger partial charge in [-0.3, -0.25) is 9.80 Å². The van der Waals surface area contributed by atoms with Crippen molar-refractivity contribution in [3.8, 4) is 0 Å². The Hall–Kier alpha value is 0.620. The molecule has 18 heavy (non-hydrogen) atoms. The van der Waals surface area contributed by atoms with E-state index in [-0.39, 0.29) is 0 Å². The standard InChI is InChI=1S/C14H26N2S2/c1-12-4-2-3-5-16(12)13-8-15(9-13)14-10-17-6-7-18-11-14/h12-14H,2-11H2,1H3. The van der Waals surface area contributed by atoms with Crippen LogP contribution >= 0.6 is 23.5 Å². The fourth-order valence-electron chi connectivity index (χ4n) is 3.47. The molecule has 1 atom stereocenters. The molecule has 0 bridgehead atoms. The Kier molecular flexibility index (Phi) is 4.82. The van der Waals surface area contributed by atoms with Gasteiger partial charge in [0.15, 0.2) is 0 Å². The molecule has 0 radical (unpaired) electrons. The Morgan fingerprint density at radius 1 is 0.944 bits per heavy atom. The van der Waals surface area contributed by atoms with Crippen molar-refractivity contribution < 1.29 is 0 Å². The number of likely N-dealkylation sites (tertiary alicyclic amines) is 2. The Morgan fingerprint density at radius 2 is 1.67 bits per heavy atom. The molecule has 0 aromatic rings. The van der Waals surface area contributed by atoms with Crippen LogP contribution in [0.25, 0.3) is 0 Å². The highest BCUT2D eigenvalue weighted by atomic mass is 32.2. The third-order valence-corrected chi connectivity index (χ3v) is 7.21. The van der Waals surface area contributed by atoms with Gasteiger partial charge in [0.25, 0.3) is 0 Å². The molecule has 3 saturated heterocycles. The van der Waals surface area contributed by atoms with E-state index in [0.29, 0.717) is 0 Å². The Bertz CT molecular complexity index is 261. The summed E-state index contributed by atoms with van der Waals surface area (Å²) in [7, 11) is 0. The van der Waals surface area contributed by atoms with Gasteiger partial charge in [-0.05, 0) is 26.3 Å². The number of rotatable bonds is 2. The summed E-state index contributed by atoms with van der Waals surface area (Å²) in [4.78, 5) is 5.54. The van der Waals surface area contributed by atoms with Crippen LogP contribution in [0.5, 0.6) is 0 Å². The van der Waals surface area contributed by atoms with Crippen molar-refractivity contribution in [3.05, 3.63) is 0 Å². The third-order valence-electron chi connectivity index (χ3n) is 4.72. The quantitative estimate of drug-likeness (QED) is 0.768. The van der Waals surface area contributed by atoms with Crippen LogP contribution in [0.2, 0.25) is 0 Å². The van der Waals surface area contributed by atoms with Gasteiger partial charge < -0.3 is 0 Å². The van der Waals surface area contributed by atoms with E-state index < -0.39 is 0 Å². The predicted octanol–water partition coefficient (Wildman–Crippen LogP) is 2.39. The molecular weight excluding hydrogens is 260 g/mol. The van der Waals surface area contributed by atoms with Gasteiger partial charge >= 0.3 is 0 Å². The van der Waals surface area contributed by atoms with Crippen molar-refractivity contribution >= 4 is 23.5 Å². The lowest BCUT2D eigenvalue weighted by molar-refractivity contribution is -0.0150. The second kappa shape index (κ2) is 6.38. The maximum atomic E-state index is 2.79. The van der Waals surface area contributed by atoms with Crippen LogP contribution in [0.15, 0.2) is 0 Å². The molecule has 0 saturated carbocycles. The van der Waals surface area contributed by atoms with Crippen molar-refractivity contribution in [2.45, 2.75) is 44.3 Å². The van der Waals surface area contributed by atoms with Crippen molar-refractivity contribution in [2.75, 3.05) is 42.6 Å². The summed E-state index contributed by atoms with van der Waals surface area (Å²) in [5.41, 5.74) is 0. The van der Waals surface area contributed by atoms with Crippen LogP contribution in [-0.2, 0) is 0 Å². The normalized spacial score (nSPS) is 34.2. The molecule has 3 aliphatic heterocycles. The first-order valence-electron chi connectivity index (χ1n) is 7.50. The van der Waals surface area contributed by atoms with Crippen LogP contribution < -0.4 is 0 Å². The number of nitrogens with zero attached hydrogens (tertiary/aromatic N) is 2. The van der Waals surface area contributed by atoms with Crippen molar-refractivity contribution in [2.24, 2.45) is 0 Å². The molecule has 4 heteroatoms. The molecule has 1 unspecified atom stereocenters. The van der Waals surface area contributed by atoms with Crippen molar-refractivity contribution in [1.29, 1.82) is 0 Å². The summed E-state index contributed by atoms with van der Waals surface area (Å²) < 4.78 is 0. The lowest BCUT2D eigenvalue weighted by Crippen LogP contribution is -2.65. The molecular formula is C14H26N2S2. The fourth-order valence-corrected chi connectivity index (χ4v) is 6.10. The minimum atomic E-state index is 0.837. The van der Waals surface area contributed by atoms with Gasteiger partial charge in [-0.25, -0.2) is 0 Å². The molecule has 2 nitrogen and oxygen atoms in total. The zero-order chi connectivity index (χ0) is 12.4. The molecule has 0 aromatic heterocycles. The van der Waals surface area contributed by atoms with Crippen LogP contribution in [0, 0.1) is 0 Å². The van der Waals surface area contributed by atoms with E-state index in [1.165, 1.54) is 61.9 Å². The second-order valence-electron chi connectivity index (χ2n) is 5.99. The zero-order valence-corrected chi connectivity index (χ0v) is 13.1. The highest BCUT2D eigenvalue weighted by Crippen LogP contribution is 2.28. The van der Waals surface area contributed by atoms with Crippen LogP contribution in [-0.4, -0.2) is 70.6 Å². The van der Waals surface area contributed by atoms with Crippen molar-refractivity contribution in [1.82, 2.24) is 9.80 Å². The zero-order valence-electron chi connectivity index (χ0n) is 11.5. The lowest BCUT2D eigenvalue weighted by atomic mass is 9.96. The van der Waals surface area contributed by atoms with Gasteiger partial charge in [-0.1, -0.05) is 6.42 Å². The number of piperidine rings is 1. The summed E-state index contributed by atoms with van der Waals surface area (Å²) in [6, 6.07) is 2.57. The maximum Gasteiger partial charge on any atom is 0.0353 e. The topological polar surface area (TPSA) is 6.48 Å². The average Bonchev–Trinajstić information content (AvgIpc) is 2.59. The van der Waals surface area contributed by atoms with E-state index in [2.05, 4.69) is 40.2 Å². The predicted molar refractivity (Wildman–Crippen MR) is 83.8 cm³/mol. The minimum absolute atomic E-state index is 0.837. The first-order chi connectivity index (χ1) is 8.84. The van der Waals surface area contributed by atoms with Gasteiger partial charge in [0.05, 0.1) is 0 Å². The lowest BCUT2D eigenvalue weighted by Gasteiger charge is -2.51. The summed E-state index contributed by atoms with van der Waals surface area (Å²) in [5, 5.41) is 0. The SMILES string of the molecule is CC1CCCCN1C1CN(C2CSCCSC2)C1. The fraction of sp³-hybridized carbons (Fsp3) is 1.00. The number of hydrogen-bond acceptors (Lipinski definition) is 4. The largest absolute Gasteiger partial charge is 0.296 e. The second-order valence-corrected chi connectivity index (χ2v) is 8.29. The number of hydrogen-bond donors (Lipinski definition) is 0. The monoisotopic (exact) mass is 286 g/mol. The van der Waals surface area contributed by atoms with Crippen LogP contribution in [0.3, 0.4) is 0 Å². The Labute approximate surface area is 120 Å². The summed E-state index contributed by atoms with van der Waals surface area (Å²) in [6.45, 7) is 6.47. The van der Waals surface area contributed by atoms with E-state index in [0.717, 1.165) is 18.1 Å². The summed E-state index contributed by atoms with van der Waals surface area (Å²) in [6.07, 6.45) is 4.30. The minimum Gasteiger partial charge on any atom is -0.296 e. The maximum absolute atomic E-state index is 2.79. The molecule has 3 heterocycles. The summed E-state index contributed by atoms with van der Waals surface area (Å²) >= 11 is 4.33. The van der Waals surface area contributed by atoms with Gasteiger partial charge in [0.1, 0.15) is 0 Å². The van der Waals surface area contributed by atoms with Crippen LogP contribution in [0.1, 0.15) is 26.2 Å². The van der Waals surface area contributed by atoms with E-state index in [1.54, 1.807) is 0 Å². The van der Waals surface area contributed by atoms with Crippen molar-refractivity contribution in [3.63, 3.8) is 0 Å². The molecule has 0 aliphatic carbocycles.